The normalized spacial score (nSPS) is 12.8. The van der Waals surface area contributed by atoms with E-state index in [4.69, 9.17) is 18.9 Å². The number of rotatable bonds is 8. The second-order valence-electron chi connectivity index (χ2n) is 6.17. The van der Waals surface area contributed by atoms with E-state index >= 15 is 0 Å². The zero-order valence-corrected chi connectivity index (χ0v) is 15.7. The summed E-state index contributed by atoms with van der Waals surface area (Å²) in [6, 6.07) is 10.8. The van der Waals surface area contributed by atoms with Gasteiger partial charge in [-0.3, -0.25) is 4.79 Å². The number of methoxy groups -OCH3 is 1. The summed E-state index contributed by atoms with van der Waals surface area (Å²) in [6.07, 6.45) is 5.37. The lowest BCUT2D eigenvalue weighted by Crippen LogP contribution is -2.15. The van der Waals surface area contributed by atoms with Crippen LogP contribution in [-0.4, -0.2) is 32.7 Å². The third-order valence-electron chi connectivity index (χ3n) is 4.20. The number of ketones is 1. The van der Waals surface area contributed by atoms with E-state index in [0.717, 1.165) is 18.4 Å². The number of hydrogen-bond donors (Lipinski definition) is 0. The van der Waals surface area contributed by atoms with Gasteiger partial charge in [0.2, 0.25) is 0 Å². The first kappa shape index (κ1) is 18.8. The standard InChI is InChI=1S/C22H24O5/c1-3-4-11-25-19-9-6-16(14-21(19)24-2)5-8-18(23)17-7-10-20-22(15-17)27-13-12-26-20/h5-10,14-15H,3-4,11-13H2,1-2H3. The highest BCUT2D eigenvalue weighted by Gasteiger charge is 2.13. The van der Waals surface area contributed by atoms with Crippen molar-refractivity contribution in [2.45, 2.75) is 19.8 Å². The fourth-order valence-electron chi connectivity index (χ4n) is 2.70. The Morgan fingerprint density at radius 2 is 1.89 bits per heavy atom. The summed E-state index contributed by atoms with van der Waals surface area (Å²) in [5, 5.41) is 0. The van der Waals surface area contributed by atoms with Crippen LogP contribution in [0.2, 0.25) is 0 Å². The molecule has 142 valence electrons. The van der Waals surface area contributed by atoms with Crippen molar-refractivity contribution in [1.82, 2.24) is 0 Å². The number of ether oxygens (including phenoxy) is 4. The highest BCUT2D eigenvalue weighted by atomic mass is 16.6. The molecule has 5 nitrogen and oxygen atoms in total. The van der Waals surface area contributed by atoms with Gasteiger partial charge in [-0.1, -0.05) is 25.5 Å². The van der Waals surface area contributed by atoms with Crippen molar-refractivity contribution in [2.24, 2.45) is 0 Å². The molecule has 0 fully saturated rings. The third-order valence-corrected chi connectivity index (χ3v) is 4.20. The van der Waals surface area contributed by atoms with E-state index in [1.165, 1.54) is 6.08 Å². The molecule has 0 saturated carbocycles. The van der Waals surface area contributed by atoms with E-state index in [-0.39, 0.29) is 5.78 Å². The van der Waals surface area contributed by atoms with Gasteiger partial charge in [0, 0.05) is 5.56 Å². The summed E-state index contributed by atoms with van der Waals surface area (Å²) in [5.41, 5.74) is 1.42. The third kappa shape index (κ3) is 4.82. The molecule has 0 unspecified atom stereocenters. The first-order chi connectivity index (χ1) is 13.2. The first-order valence-electron chi connectivity index (χ1n) is 9.14. The lowest BCUT2D eigenvalue weighted by Gasteiger charge is -2.18. The summed E-state index contributed by atoms with van der Waals surface area (Å²) < 4.78 is 22.1. The van der Waals surface area contributed by atoms with Crippen LogP contribution in [0.25, 0.3) is 6.08 Å². The van der Waals surface area contributed by atoms with Gasteiger partial charge in [0.1, 0.15) is 13.2 Å². The van der Waals surface area contributed by atoms with Crippen LogP contribution in [0, 0.1) is 0 Å². The molecule has 1 aliphatic rings. The Morgan fingerprint density at radius 1 is 1.07 bits per heavy atom. The second-order valence-corrected chi connectivity index (χ2v) is 6.17. The molecule has 0 radical (unpaired) electrons. The number of benzene rings is 2. The van der Waals surface area contributed by atoms with Crippen LogP contribution in [0.3, 0.4) is 0 Å². The highest BCUT2D eigenvalue weighted by molar-refractivity contribution is 6.07. The Morgan fingerprint density at radius 3 is 2.67 bits per heavy atom. The van der Waals surface area contributed by atoms with Crippen LogP contribution in [0.4, 0.5) is 0 Å². The van der Waals surface area contributed by atoms with Crippen molar-refractivity contribution >= 4 is 11.9 Å². The summed E-state index contributed by atoms with van der Waals surface area (Å²) in [7, 11) is 1.61. The molecule has 0 N–H and O–H groups in total. The molecule has 1 heterocycles. The van der Waals surface area contributed by atoms with Crippen LogP contribution in [-0.2, 0) is 0 Å². The van der Waals surface area contributed by atoms with Crippen LogP contribution in [0.15, 0.2) is 42.5 Å². The van der Waals surface area contributed by atoms with E-state index in [0.29, 0.717) is 48.4 Å². The maximum absolute atomic E-state index is 12.5. The average molecular weight is 368 g/mol. The predicted octanol–water partition coefficient (Wildman–Crippen LogP) is 4.54. The molecule has 0 aliphatic carbocycles. The highest BCUT2D eigenvalue weighted by Crippen LogP contribution is 2.31. The Bertz CT molecular complexity index is 825. The summed E-state index contributed by atoms with van der Waals surface area (Å²) in [4.78, 5) is 12.5. The van der Waals surface area contributed by atoms with Crippen LogP contribution in [0.1, 0.15) is 35.7 Å². The van der Waals surface area contributed by atoms with Crippen molar-refractivity contribution in [2.75, 3.05) is 26.9 Å². The van der Waals surface area contributed by atoms with Gasteiger partial charge in [-0.25, -0.2) is 0 Å². The number of hydrogen-bond acceptors (Lipinski definition) is 5. The minimum Gasteiger partial charge on any atom is -0.493 e. The summed E-state index contributed by atoms with van der Waals surface area (Å²) in [6.45, 7) is 3.80. The quantitative estimate of drug-likeness (QED) is 0.389. The number of fused-ring (bicyclic) bond motifs is 1. The number of allylic oxidation sites excluding steroid dienone is 1. The summed E-state index contributed by atoms with van der Waals surface area (Å²) >= 11 is 0. The molecule has 27 heavy (non-hydrogen) atoms. The van der Waals surface area contributed by atoms with Gasteiger partial charge in [0.15, 0.2) is 28.8 Å². The lowest BCUT2D eigenvalue weighted by molar-refractivity contribution is 0.104. The van der Waals surface area contributed by atoms with Crippen molar-refractivity contribution in [1.29, 1.82) is 0 Å². The first-order valence-corrected chi connectivity index (χ1v) is 9.14. The fraction of sp³-hybridized carbons (Fsp3) is 0.318. The van der Waals surface area contributed by atoms with Gasteiger partial charge in [-0.05, 0) is 48.4 Å². The molecule has 0 atom stereocenters. The molecule has 2 aromatic carbocycles. The predicted molar refractivity (Wildman–Crippen MR) is 104 cm³/mol. The molecule has 0 aromatic heterocycles. The van der Waals surface area contributed by atoms with E-state index in [2.05, 4.69) is 6.92 Å². The monoisotopic (exact) mass is 368 g/mol. The largest absolute Gasteiger partial charge is 0.493 e. The molecular weight excluding hydrogens is 344 g/mol. The van der Waals surface area contributed by atoms with E-state index in [1.54, 1.807) is 31.4 Å². The fourth-order valence-corrected chi connectivity index (χ4v) is 2.70. The van der Waals surface area contributed by atoms with Gasteiger partial charge in [-0.2, -0.15) is 0 Å². The maximum atomic E-state index is 12.5. The SMILES string of the molecule is CCCCOc1ccc(C=CC(=O)c2ccc3c(c2)OCCO3)cc1OC. The van der Waals surface area contributed by atoms with Crippen molar-refractivity contribution in [3.63, 3.8) is 0 Å². The molecule has 0 bridgehead atoms. The molecular formula is C22H24O5. The van der Waals surface area contributed by atoms with Gasteiger partial charge in [0.25, 0.3) is 0 Å². The lowest BCUT2D eigenvalue weighted by atomic mass is 10.1. The van der Waals surface area contributed by atoms with Gasteiger partial charge in [-0.15, -0.1) is 0 Å². The Labute approximate surface area is 159 Å². The smallest absolute Gasteiger partial charge is 0.185 e. The Balaban J connectivity index is 1.70. The molecule has 1 aliphatic heterocycles. The van der Waals surface area contributed by atoms with Crippen molar-refractivity contribution in [3.8, 4) is 23.0 Å². The topological polar surface area (TPSA) is 54.0 Å². The second kappa shape index (κ2) is 9.12. The van der Waals surface area contributed by atoms with Crippen LogP contribution < -0.4 is 18.9 Å². The molecule has 0 spiro atoms. The van der Waals surface area contributed by atoms with E-state index < -0.39 is 0 Å². The zero-order chi connectivity index (χ0) is 19.1. The molecule has 0 saturated heterocycles. The van der Waals surface area contributed by atoms with Crippen molar-refractivity contribution < 1.29 is 23.7 Å². The van der Waals surface area contributed by atoms with E-state index in [1.807, 2.05) is 18.2 Å². The van der Waals surface area contributed by atoms with Crippen molar-refractivity contribution in [3.05, 3.63) is 53.6 Å². The average Bonchev–Trinajstić information content (AvgIpc) is 2.72. The maximum Gasteiger partial charge on any atom is 0.185 e. The number of unbranched alkanes of at least 4 members (excludes halogenated alkanes) is 1. The number of carbonyl (C=O) groups is 1. The summed E-state index contributed by atoms with van der Waals surface area (Å²) in [5.74, 6) is 2.54. The zero-order valence-electron chi connectivity index (χ0n) is 15.7. The molecule has 2 aromatic rings. The van der Waals surface area contributed by atoms with Crippen LogP contribution >= 0.6 is 0 Å². The minimum absolute atomic E-state index is 0.103. The Hall–Kier alpha value is -2.95. The van der Waals surface area contributed by atoms with Crippen LogP contribution in [0.5, 0.6) is 23.0 Å². The molecule has 0 amide bonds. The van der Waals surface area contributed by atoms with Gasteiger partial charge < -0.3 is 18.9 Å². The molecule has 5 heteroatoms. The molecule has 3 rings (SSSR count). The van der Waals surface area contributed by atoms with E-state index in [9.17, 15) is 4.79 Å². The number of carbonyl (C=O) groups excluding carboxylic acids is 1. The minimum atomic E-state index is -0.103. The van der Waals surface area contributed by atoms with Gasteiger partial charge >= 0.3 is 0 Å². The Kier molecular flexibility index (Phi) is 6.36. The van der Waals surface area contributed by atoms with Gasteiger partial charge in [0.05, 0.1) is 13.7 Å².